The highest BCUT2D eigenvalue weighted by Gasteiger charge is 2.55. The number of carbonyl (C=O) groups is 4. The van der Waals surface area contributed by atoms with Crippen LogP contribution in [0.1, 0.15) is 46.5 Å². The van der Waals surface area contributed by atoms with E-state index in [1.54, 1.807) is 0 Å². The maximum absolute atomic E-state index is 12.6. The Labute approximate surface area is 129 Å². The van der Waals surface area contributed by atoms with Crippen LogP contribution in [0.5, 0.6) is 0 Å². The van der Waals surface area contributed by atoms with E-state index in [0.717, 1.165) is 24.2 Å². The normalized spacial score (nSPS) is 29.4. The molecule has 0 bridgehead atoms. The maximum Gasteiger partial charge on any atom is 0.326 e. The van der Waals surface area contributed by atoms with Gasteiger partial charge >= 0.3 is 12.0 Å². The average Bonchev–Trinajstić information content (AvgIpc) is 2.67. The molecule has 7 heteroatoms. The van der Waals surface area contributed by atoms with Crippen molar-refractivity contribution in [1.29, 1.82) is 0 Å². The van der Waals surface area contributed by atoms with Gasteiger partial charge in [0.05, 0.1) is 0 Å². The van der Waals surface area contributed by atoms with E-state index in [4.69, 9.17) is 4.74 Å². The topological polar surface area (TPSA) is 92.8 Å². The molecule has 1 saturated heterocycles. The van der Waals surface area contributed by atoms with Crippen LogP contribution in [-0.2, 0) is 19.1 Å². The molecule has 3 amide bonds. The van der Waals surface area contributed by atoms with Crippen molar-refractivity contribution >= 4 is 23.7 Å². The molecule has 2 rings (SSSR count). The van der Waals surface area contributed by atoms with Crippen LogP contribution in [0.2, 0.25) is 0 Å². The number of rotatable bonds is 4. The number of carbonyl (C=O) groups excluding carboxylic acids is 4. The largest absolute Gasteiger partial charge is 0.453 e. The number of esters is 1. The smallest absolute Gasteiger partial charge is 0.326 e. The standard InChI is InChI=1S/C15H22N2O5/c1-9-6-4-5-7-15(9)13(20)17(14(21)16-15)8-12(19)22-11(3)10(2)18/h9,11H,4-8H2,1-3H3,(H,16,21). The van der Waals surface area contributed by atoms with Gasteiger partial charge in [-0.25, -0.2) is 4.79 Å². The molecule has 2 aliphatic rings. The molecule has 22 heavy (non-hydrogen) atoms. The highest BCUT2D eigenvalue weighted by Crippen LogP contribution is 2.38. The Bertz CT molecular complexity index is 518. The van der Waals surface area contributed by atoms with Gasteiger partial charge in [-0.3, -0.25) is 19.3 Å². The minimum Gasteiger partial charge on any atom is -0.453 e. The molecule has 0 aromatic carbocycles. The molecule has 1 heterocycles. The third-order valence-electron chi connectivity index (χ3n) is 4.67. The second kappa shape index (κ2) is 6.06. The summed E-state index contributed by atoms with van der Waals surface area (Å²) in [5, 5.41) is 2.76. The summed E-state index contributed by atoms with van der Waals surface area (Å²) in [5.74, 6) is -1.37. The second-order valence-electron chi connectivity index (χ2n) is 6.18. The molecule has 3 atom stereocenters. The minimum atomic E-state index is -0.887. The predicted octanol–water partition coefficient (Wildman–Crippen LogP) is 1.01. The third-order valence-corrected chi connectivity index (χ3v) is 4.67. The van der Waals surface area contributed by atoms with Gasteiger partial charge in [0.15, 0.2) is 11.9 Å². The minimum absolute atomic E-state index is 0.0369. The molecule has 1 N–H and O–H groups in total. The highest BCUT2D eigenvalue weighted by atomic mass is 16.5. The first-order valence-corrected chi connectivity index (χ1v) is 7.62. The summed E-state index contributed by atoms with van der Waals surface area (Å²) < 4.78 is 4.91. The molecule has 7 nitrogen and oxygen atoms in total. The molecular formula is C15H22N2O5. The lowest BCUT2D eigenvalue weighted by Gasteiger charge is -2.36. The predicted molar refractivity (Wildman–Crippen MR) is 76.8 cm³/mol. The molecule has 1 spiro atoms. The molecule has 1 aliphatic heterocycles. The van der Waals surface area contributed by atoms with Gasteiger partial charge in [0.2, 0.25) is 0 Å². The van der Waals surface area contributed by atoms with E-state index >= 15 is 0 Å². The van der Waals surface area contributed by atoms with Crippen LogP contribution in [0.4, 0.5) is 4.79 Å². The number of hydrogen-bond acceptors (Lipinski definition) is 5. The number of imide groups is 1. The summed E-state index contributed by atoms with van der Waals surface area (Å²) >= 11 is 0. The van der Waals surface area contributed by atoms with Crippen molar-refractivity contribution in [3.8, 4) is 0 Å². The molecule has 3 unspecified atom stereocenters. The number of hydrogen-bond donors (Lipinski definition) is 1. The van der Waals surface area contributed by atoms with Crippen LogP contribution >= 0.6 is 0 Å². The SMILES string of the molecule is CC(=O)C(C)OC(=O)CN1C(=O)NC2(CCCCC2C)C1=O. The molecule has 0 aromatic heterocycles. The fourth-order valence-electron chi connectivity index (χ4n) is 3.09. The van der Waals surface area contributed by atoms with E-state index in [9.17, 15) is 19.2 Å². The van der Waals surface area contributed by atoms with E-state index in [2.05, 4.69) is 5.32 Å². The van der Waals surface area contributed by atoms with Crippen LogP contribution in [0.25, 0.3) is 0 Å². The number of urea groups is 1. The summed E-state index contributed by atoms with van der Waals surface area (Å²) in [7, 11) is 0. The lowest BCUT2D eigenvalue weighted by atomic mass is 9.73. The van der Waals surface area contributed by atoms with Crippen LogP contribution in [0.15, 0.2) is 0 Å². The van der Waals surface area contributed by atoms with Crippen molar-refractivity contribution in [1.82, 2.24) is 10.2 Å². The molecule has 0 radical (unpaired) electrons. The lowest BCUT2D eigenvalue weighted by molar-refractivity contribution is -0.155. The van der Waals surface area contributed by atoms with Crippen LogP contribution in [0.3, 0.4) is 0 Å². The molecule has 122 valence electrons. The number of nitrogens with zero attached hydrogens (tertiary/aromatic N) is 1. The monoisotopic (exact) mass is 310 g/mol. The van der Waals surface area contributed by atoms with Gasteiger partial charge in [-0.1, -0.05) is 19.8 Å². The Kier molecular flexibility index (Phi) is 4.53. The number of Topliss-reactive ketones (excluding diaryl/α,β-unsaturated/α-hetero) is 1. The van der Waals surface area contributed by atoms with Gasteiger partial charge in [-0.2, -0.15) is 0 Å². The summed E-state index contributed by atoms with van der Waals surface area (Å²) in [6.07, 6.45) is 2.48. The van der Waals surface area contributed by atoms with Crippen LogP contribution < -0.4 is 5.32 Å². The molecular weight excluding hydrogens is 288 g/mol. The van der Waals surface area contributed by atoms with Crippen LogP contribution in [0, 0.1) is 5.92 Å². The average molecular weight is 310 g/mol. The number of amides is 3. The molecule has 0 aromatic rings. The van der Waals surface area contributed by atoms with Gasteiger partial charge in [0.1, 0.15) is 12.1 Å². The Morgan fingerprint density at radius 1 is 1.41 bits per heavy atom. The van der Waals surface area contributed by atoms with Crippen molar-refractivity contribution in [2.45, 2.75) is 58.1 Å². The fourth-order valence-corrected chi connectivity index (χ4v) is 3.09. The number of ether oxygens (including phenoxy) is 1. The van der Waals surface area contributed by atoms with Crippen molar-refractivity contribution in [3.63, 3.8) is 0 Å². The van der Waals surface area contributed by atoms with Gasteiger partial charge < -0.3 is 10.1 Å². The summed E-state index contributed by atoms with van der Waals surface area (Å²) in [6.45, 7) is 4.24. The van der Waals surface area contributed by atoms with Crippen molar-refractivity contribution in [2.24, 2.45) is 5.92 Å². The van der Waals surface area contributed by atoms with Crippen molar-refractivity contribution < 1.29 is 23.9 Å². The Morgan fingerprint density at radius 2 is 2.09 bits per heavy atom. The highest BCUT2D eigenvalue weighted by molar-refractivity contribution is 6.09. The van der Waals surface area contributed by atoms with Gasteiger partial charge in [0, 0.05) is 0 Å². The zero-order chi connectivity index (χ0) is 16.5. The van der Waals surface area contributed by atoms with Crippen molar-refractivity contribution in [3.05, 3.63) is 0 Å². The third kappa shape index (κ3) is 2.84. The molecule has 2 fully saturated rings. The lowest BCUT2D eigenvalue weighted by Crippen LogP contribution is -2.54. The fraction of sp³-hybridized carbons (Fsp3) is 0.733. The van der Waals surface area contributed by atoms with E-state index in [1.165, 1.54) is 13.8 Å². The number of nitrogens with one attached hydrogen (secondary N) is 1. The van der Waals surface area contributed by atoms with Crippen LogP contribution in [-0.4, -0.2) is 46.8 Å². The zero-order valence-electron chi connectivity index (χ0n) is 13.2. The Hall–Kier alpha value is -1.92. The molecule has 1 aliphatic carbocycles. The Balaban J connectivity index is 2.06. The summed E-state index contributed by atoms with van der Waals surface area (Å²) in [5.41, 5.74) is -0.887. The van der Waals surface area contributed by atoms with E-state index < -0.39 is 30.2 Å². The maximum atomic E-state index is 12.6. The first kappa shape index (κ1) is 16.5. The van der Waals surface area contributed by atoms with E-state index in [-0.39, 0.29) is 17.6 Å². The first-order valence-electron chi connectivity index (χ1n) is 7.62. The zero-order valence-corrected chi connectivity index (χ0v) is 13.2. The van der Waals surface area contributed by atoms with Gasteiger partial charge in [-0.05, 0) is 32.6 Å². The van der Waals surface area contributed by atoms with Gasteiger partial charge in [0.25, 0.3) is 5.91 Å². The first-order chi connectivity index (χ1) is 10.3. The number of ketones is 1. The second-order valence-corrected chi connectivity index (χ2v) is 6.18. The Morgan fingerprint density at radius 3 is 2.68 bits per heavy atom. The quantitative estimate of drug-likeness (QED) is 0.618. The summed E-state index contributed by atoms with van der Waals surface area (Å²) in [6, 6.07) is -0.564. The van der Waals surface area contributed by atoms with E-state index in [0.29, 0.717) is 6.42 Å². The van der Waals surface area contributed by atoms with Gasteiger partial charge in [-0.15, -0.1) is 0 Å². The van der Waals surface area contributed by atoms with Crippen molar-refractivity contribution in [2.75, 3.05) is 6.54 Å². The van der Waals surface area contributed by atoms with E-state index in [1.807, 2.05) is 6.92 Å². The molecule has 1 saturated carbocycles. The summed E-state index contributed by atoms with van der Waals surface area (Å²) in [4.78, 5) is 48.5.